The summed E-state index contributed by atoms with van der Waals surface area (Å²) in [6.07, 6.45) is 0.442. The fourth-order valence-electron chi connectivity index (χ4n) is 1.34. The van der Waals surface area contributed by atoms with Gasteiger partial charge >= 0.3 is 12.1 Å². The standard InChI is InChI=1S/C13H13Cl2NO4/c14-11(15)7-6-10(12(17)18)16-13(19)20-8-9-4-2-1-3-5-9/h1-5,7,10H,6,8H2,(H,16,19)(H,17,18). The summed E-state index contributed by atoms with van der Waals surface area (Å²) in [5, 5.41) is 11.2. The topological polar surface area (TPSA) is 75.6 Å². The molecule has 0 heterocycles. The third-order valence-electron chi connectivity index (χ3n) is 2.31. The Labute approximate surface area is 126 Å². The lowest BCUT2D eigenvalue weighted by Crippen LogP contribution is -2.40. The number of carbonyl (C=O) groups is 2. The molecule has 0 bridgehead atoms. The van der Waals surface area contributed by atoms with Crippen LogP contribution in [0.15, 0.2) is 40.9 Å². The van der Waals surface area contributed by atoms with Crippen LogP contribution in [0.25, 0.3) is 0 Å². The number of carbonyl (C=O) groups excluding carboxylic acids is 1. The van der Waals surface area contributed by atoms with Gasteiger partial charge in [-0.2, -0.15) is 0 Å². The number of alkyl carbamates (subject to hydrolysis) is 1. The van der Waals surface area contributed by atoms with Crippen molar-refractivity contribution >= 4 is 35.3 Å². The summed E-state index contributed by atoms with van der Waals surface area (Å²) >= 11 is 10.8. The highest BCUT2D eigenvalue weighted by atomic mass is 35.5. The number of rotatable bonds is 6. The van der Waals surface area contributed by atoms with E-state index in [4.69, 9.17) is 33.0 Å². The lowest BCUT2D eigenvalue weighted by atomic mass is 10.2. The van der Waals surface area contributed by atoms with Gasteiger partial charge in [-0.15, -0.1) is 0 Å². The molecule has 1 unspecified atom stereocenters. The van der Waals surface area contributed by atoms with Gasteiger partial charge in [-0.25, -0.2) is 9.59 Å². The first-order valence-corrected chi connectivity index (χ1v) is 6.46. The van der Waals surface area contributed by atoms with Crippen LogP contribution in [-0.4, -0.2) is 23.2 Å². The van der Waals surface area contributed by atoms with Gasteiger partial charge < -0.3 is 15.2 Å². The van der Waals surface area contributed by atoms with Crippen LogP contribution in [0, 0.1) is 0 Å². The first kappa shape index (κ1) is 16.3. The van der Waals surface area contributed by atoms with E-state index in [0.29, 0.717) is 0 Å². The van der Waals surface area contributed by atoms with Gasteiger partial charge in [0.1, 0.15) is 17.1 Å². The fraction of sp³-hybridized carbons (Fsp3) is 0.231. The van der Waals surface area contributed by atoms with Crippen LogP contribution in [0.5, 0.6) is 0 Å². The highest BCUT2D eigenvalue weighted by molar-refractivity contribution is 6.55. The number of nitrogens with one attached hydrogen (secondary N) is 1. The van der Waals surface area contributed by atoms with Gasteiger partial charge in [0.2, 0.25) is 0 Å². The minimum Gasteiger partial charge on any atom is -0.480 e. The van der Waals surface area contributed by atoms with E-state index in [1.54, 1.807) is 12.1 Å². The fourth-order valence-corrected chi connectivity index (χ4v) is 1.51. The molecule has 2 N–H and O–H groups in total. The Morgan fingerprint density at radius 1 is 1.30 bits per heavy atom. The van der Waals surface area contributed by atoms with Crippen LogP contribution in [0.4, 0.5) is 4.79 Å². The van der Waals surface area contributed by atoms with Crippen molar-refractivity contribution in [3.05, 3.63) is 46.5 Å². The van der Waals surface area contributed by atoms with Gasteiger partial charge in [0.05, 0.1) is 0 Å². The molecule has 1 rings (SSSR count). The quantitative estimate of drug-likeness (QED) is 0.845. The van der Waals surface area contributed by atoms with Crippen LogP contribution in [-0.2, 0) is 16.1 Å². The number of amides is 1. The molecule has 1 aromatic rings. The molecule has 1 atom stereocenters. The number of benzene rings is 1. The SMILES string of the molecule is O=C(NC(CC=C(Cl)Cl)C(=O)O)OCc1ccccc1. The van der Waals surface area contributed by atoms with Gasteiger partial charge in [-0.3, -0.25) is 0 Å². The number of hydrogen-bond donors (Lipinski definition) is 2. The van der Waals surface area contributed by atoms with E-state index in [2.05, 4.69) is 5.32 Å². The third-order valence-corrected chi connectivity index (χ3v) is 2.62. The highest BCUT2D eigenvalue weighted by Gasteiger charge is 2.19. The van der Waals surface area contributed by atoms with Gasteiger partial charge in [-0.1, -0.05) is 59.6 Å². The number of carboxylic acids is 1. The molecule has 108 valence electrons. The van der Waals surface area contributed by atoms with E-state index in [0.717, 1.165) is 5.56 Å². The molecular weight excluding hydrogens is 305 g/mol. The molecule has 0 fully saturated rings. The Morgan fingerprint density at radius 3 is 2.50 bits per heavy atom. The summed E-state index contributed by atoms with van der Waals surface area (Å²) in [5.74, 6) is -1.20. The van der Waals surface area contributed by atoms with Crippen molar-refractivity contribution in [1.82, 2.24) is 5.32 Å². The number of carboxylic acid groups (broad SMARTS) is 1. The molecule has 7 heteroatoms. The molecule has 0 aliphatic heterocycles. The molecule has 20 heavy (non-hydrogen) atoms. The summed E-state index contributed by atoms with van der Waals surface area (Å²) in [4.78, 5) is 22.4. The van der Waals surface area contributed by atoms with E-state index < -0.39 is 18.1 Å². The largest absolute Gasteiger partial charge is 0.480 e. The molecule has 1 amide bonds. The summed E-state index contributed by atoms with van der Waals surface area (Å²) in [6.45, 7) is 0.0606. The molecule has 0 saturated carbocycles. The van der Waals surface area contributed by atoms with Crippen LogP contribution in [0.1, 0.15) is 12.0 Å². The minimum atomic E-state index is -1.20. The lowest BCUT2D eigenvalue weighted by molar-refractivity contribution is -0.139. The predicted octanol–water partition coefficient (Wildman–Crippen LogP) is 3.08. The van der Waals surface area contributed by atoms with Gasteiger partial charge in [0.15, 0.2) is 0 Å². The monoisotopic (exact) mass is 317 g/mol. The second-order valence-corrected chi connectivity index (χ2v) is 4.83. The maximum Gasteiger partial charge on any atom is 0.408 e. The zero-order chi connectivity index (χ0) is 15.0. The maximum absolute atomic E-state index is 11.5. The molecule has 0 aliphatic carbocycles. The van der Waals surface area contributed by atoms with Crippen LogP contribution >= 0.6 is 23.2 Å². The molecule has 0 saturated heterocycles. The third kappa shape index (κ3) is 6.45. The van der Waals surface area contributed by atoms with Crippen molar-refractivity contribution in [2.24, 2.45) is 0 Å². The van der Waals surface area contributed by atoms with Crippen LogP contribution in [0.2, 0.25) is 0 Å². The maximum atomic E-state index is 11.5. The van der Waals surface area contributed by atoms with E-state index in [1.807, 2.05) is 18.2 Å². The summed E-state index contributed by atoms with van der Waals surface area (Å²) in [7, 11) is 0. The van der Waals surface area contributed by atoms with Gasteiger partial charge in [-0.05, 0) is 12.0 Å². The Morgan fingerprint density at radius 2 is 1.95 bits per heavy atom. The normalized spacial score (nSPS) is 11.3. The summed E-state index contributed by atoms with van der Waals surface area (Å²) in [5.41, 5.74) is 0.804. The number of hydrogen-bond acceptors (Lipinski definition) is 3. The molecule has 5 nitrogen and oxygen atoms in total. The van der Waals surface area contributed by atoms with E-state index >= 15 is 0 Å². The first-order valence-electron chi connectivity index (χ1n) is 5.70. The average Bonchev–Trinajstić information content (AvgIpc) is 2.41. The molecule has 0 radical (unpaired) electrons. The predicted molar refractivity (Wildman–Crippen MR) is 75.6 cm³/mol. The van der Waals surface area contributed by atoms with E-state index in [-0.39, 0.29) is 17.5 Å². The first-order chi connectivity index (χ1) is 9.49. The summed E-state index contributed by atoms with van der Waals surface area (Å²) in [6, 6.07) is 7.89. The van der Waals surface area contributed by atoms with Crippen molar-refractivity contribution in [3.8, 4) is 0 Å². The molecule has 0 aliphatic rings. The van der Waals surface area contributed by atoms with Crippen LogP contribution < -0.4 is 5.32 Å². The Hall–Kier alpha value is -1.72. The zero-order valence-electron chi connectivity index (χ0n) is 10.4. The number of ether oxygens (including phenoxy) is 1. The number of aliphatic carboxylic acids is 1. The van der Waals surface area contributed by atoms with E-state index in [1.165, 1.54) is 6.08 Å². The second-order valence-electron chi connectivity index (χ2n) is 3.83. The summed E-state index contributed by atoms with van der Waals surface area (Å²) < 4.78 is 4.86. The van der Waals surface area contributed by atoms with Crippen LogP contribution in [0.3, 0.4) is 0 Å². The lowest BCUT2D eigenvalue weighted by Gasteiger charge is -2.12. The van der Waals surface area contributed by atoms with Gasteiger partial charge in [0, 0.05) is 0 Å². The molecular formula is C13H13Cl2NO4. The second kappa shape index (κ2) is 8.45. The molecule has 0 aromatic heterocycles. The van der Waals surface area contributed by atoms with Crippen molar-refractivity contribution in [2.45, 2.75) is 19.1 Å². The molecule has 0 spiro atoms. The van der Waals surface area contributed by atoms with E-state index in [9.17, 15) is 9.59 Å². The number of halogens is 2. The zero-order valence-corrected chi connectivity index (χ0v) is 11.9. The molecule has 1 aromatic carbocycles. The van der Waals surface area contributed by atoms with Gasteiger partial charge in [0.25, 0.3) is 0 Å². The Balaban J connectivity index is 2.46. The minimum absolute atomic E-state index is 0.0297. The van der Waals surface area contributed by atoms with Crippen molar-refractivity contribution in [1.29, 1.82) is 0 Å². The smallest absolute Gasteiger partial charge is 0.408 e. The van der Waals surface area contributed by atoms with Crippen molar-refractivity contribution in [2.75, 3.05) is 0 Å². The Kier molecular flexibility index (Phi) is 6.90. The van der Waals surface area contributed by atoms with Crippen molar-refractivity contribution < 1.29 is 19.4 Å². The Bertz CT molecular complexity index is 486. The highest BCUT2D eigenvalue weighted by Crippen LogP contribution is 2.09. The average molecular weight is 318 g/mol. The van der Waals surface area contributed by atoms with Crippen molar-refractivity contribution in [3.63, 3.8) is 0 Å².